The van der Waals surface area contributed by atoms with Gasteiger partial charge >= 0.3 is 0 Å². The van der Waals surface area contributed by atoms with Gasteiger partial charge in [-0.05, 0) is 18.4 Å². The Balaban J connectivity index is 0.00000162. The van der Waals surface area contributed by atoms with Gasteiger partial charge in [0.1, 0.15) is 0 Å². The van der Waals surface area contributed by atoms with E-state index in [1.807, 2.05) is 18.2 Å². The minimum absolute atomic E-state index is 0. The van der Waals surface area contributed by atoms with Crippen molar-refractivity contribution in [1.29, 1.82) is 0 Å². The van der Waals surface area contributed by atoms with Gasteiger partial charge in [-0.25, -0.2) is 0 Å². The third kappa shape index (κ3) is 3.45. The number of likely N-dealkylation sites (tertiary alicyclic amines) is 1. The lowest BCUT2D eigenvalue weighted by Crippen LogP contribution is -2.47. The molecule has 1 amide bonds. The molecule has 2 rings (SSSR count). The van der Waals surface area contributed by atoms with E-state index in [1.165, 1.54) is 0 Å². The Hall–Kier alpha value is -1.10. The zero-order valence-corrected chi connectivity index (χ0v) is 11.0. The van der Waals surface area contributed by atoms with Crippen molar-refractivity contribution in [3.05, 3.63) is 35.9 Å². The Morgan fingerprint density at radius 2 is 2.06 bits per heavy atom. The van der Waals surface area contributed by atoms with E-state index >= 15 is 0 Å². The lowest BCUT2D eigenvalue weighted by Gasteiger charge is -2.32. The number of benzene rings is 1. The van der Waals surface area contributed by atoms with E-state index in [0.29, 0.717) is 18.7 Å². The number of aliphatic hydroxyl groups is 1. The summed E-state index contributed by atoms with van der Waals surface area (Å²) in [5.41, 5.74) is 6.46. The number of hydrogen-bond donors (Lipinski definition) is 2. The van der Waals surface area contributed by atoms with Crippen LogP contribution in [0.1, 0.15) is 24.5 Å². The molecule has 18 heavy (non-hydrogen) atoms. The standard InChI is InChI=1S/C13H18N2O2.ClH/c14-11-7-4-8-15(9-11)13(17)12(16)10-5-2-1-3-6-10;/h1-3,5-6,11-12,16H,4,7-9,14H2;1H. The molecule has 1 aromatic rings. The quantitative estimate of drug-likeness (QED) is 0.846. The van der Waals surface area contributed by atoms with Crippen LogP contribution in [0.25, 0.3) is 0 Å². The van der Waals surface area contributed by atoms with Crippen molar-refractivity contribution in [1.82, 2.24) is 4.90 Å². The number of carbonyl (C=O) groups excluding carboxylic acids is 1. The molecular formula is C13H19ClN2O2. The Labute approximate surface area is 113 Å². The molecule has 0 spiro atoms. The van der Waals surface area contributed by atoms with Gasteiger partial charge in [0.2, 0.25) is 0 Å². The van der Waals surface area contributed by atoms with Crippen molar-refractivity contribution in [2.24, 2.45) is 5.73 Å². The van der Waals surface area contributed by atoms with Crippen LogP contribution in [0.3, 0.4) is 0 Å². The average molecular weight is 271 g/mol. The fourth-order valence-electron chi connectivity index (χ4n) is 2.16. The van der Waals surface area contributed by atoms with E-state index in [0.717, 1.165) is 12.8 Å². The number of amides is 1. The van der Waals surface area contributed by atoms with E-state index < -0.39 is 6.10 Å². The van der Waals surface area contributed by atoms with Gasteiger partial charge in [0.15, 0.2) is 6.10 Å². The van der Waals surface area contributed by atoms with Crippen molar-refractivity contribution in [2.75, 3.05) is 13.1 Å². The first-order valence-electron chi connectivity index (χ1n) is 5.96. The predicted molar refractivity (Wildman–Crippen MR) is 72.4 cm³/mol. The van der Waals surface area contributed by atoms with Crippen LogP contribution >= 0.6 is 12.4 Å². The highest BCUT2D eigenvalue weighted by Gasteiger charge is 2.27. The SMILES string of the molecule is Cl.NC1CCCN(C(=O)C(O)c2ccccc2)C1. The molecule has 3 N–H and O–H groups in total. The molecule has 0 saturated carbocycles. The van der Waals surface area contributed by atoms with Gasteiger partial charge in [-0.3, -0.25) is 4.79 Å². The molecule has 100 valence electrons. The first-order valence-corrected chi connectivity index (χ1v) is 5.96. The monoisotopic (exact) mass is 270 g/mol. The predicted octanol–water partition coefficient (Wildman–Crippen LogP) is 1.09. The molecule has 1 aliphatic heterocycles. The number of nitrogens with two attached hydrogens (primary N) is 1. The largest absolute Gasteiger partial charge is 0.378 e. The maximum atomic E-state index is 12.1. The Morgan fingerprint density at radius 1 is 1.39 bits per heavy atom. The van der Waals surface area contributed by atoms with Crippen LogP contribution in [0, 0.1) is 0 Å². The van der Waals surface area contributed by atoms with Gasteiger partial charge in [-0.15, -0.1) is 12.4 Å². The molecule has 1 saturated heterocycles. The van der Waals surface area contributed by atoms with Crippen LogP contribution in [-0.4, -0.2) is 35.0 Å². The third-order valence-corrected chi connectivity index (χ3v) is 3.12. The van der Waals surface area contributed by atoms with Crippen LogP contribution < -0.4 is 5.73 Å². The maximum absolute atomic E-state index is 12.1. The maximum Gasteiger partial charge on any atom is 0.256 e. The van der Waals surface area contributed by atoms with E-state index in [4.69, 9.17) is 5.73 Å². The molecule has 4 nitrogen and oxygen atoms in total. The van der Waals surface area contributed by atoms with E-state index in [1.54, 1.807) is 17.0 Å². The van der Waals surface area contributed by atoms with Gasteiger partial charge in [0.05, 0.1) is 0 Å². The van der Waals surface area contributed by atoms with Crippen LogP contribution in [0.5, 0.6) is 0 Å². The van der Waals surface area contributed by atoms with Crippen molar-refractivity contribution in [2.45, 2.75) is 25.0 Å². The summed E-state index contributed by atoms with van der Waals surface area (Å²) >= 11 is 0. The lowest BCUT2D eigenvalue weighted by molar-refractivity contribution is -0.141. The Morgan fingerprint density at radius 3 is 2.67 bits per heavy atom. The minimum atomic E-state index is -1.07. The molecule has 0 radical (unpaired) electrons. The average Bonchev–Trinajstić information content (AvgIpc) is 2.38. The molecule has 2 atom stereocenters. The van der Waals surface area contributed by atoms with E-state index in [2.05, 4.69) is 0 Å². The number of hydrogen-bond acceptors (Lipinski definition) is 3. The smallest absolute Gasteiger partial charge is 0.256 e. The third-order valence-electron chi connectivity index (χ3n) is 3.12. The first-order chi connectivity index (χ1) is 8.18. The van der Waals surface area contributed by atoms with Gasteiger partial charge < -0.3 is 15.7 Å². The van der Waals surface area contributed by atoms with Crippen molar-refractivity contribution in [3.8, 4) is 0 Å². The highest BCUT2D eigenvalue weighted by Crippen LogP contribution is 2.18. The second-order valence-corrected chi connectivity index (χ2v) is 4.50. The molecule has 5 heteroatoms. The molecule has 0 aliphatic carbocycles. The fraction of sp³-hybridized carbons (Fsp3) is 0.462. The molecule has 0 aromatic heterocycles. The number of nitrogens with zero attached hydrogens (tertiary/aromatic N) is 1. The molecular weight excluding hydrogens is 252 g/mol. The summed E-state index contributed by atoms with van der Waals surface area (Å²) in [6.45, 7) is 1.24. The number of piperidine rings is 1. The van der Waals surface area contributed by atoms with E-state index in [9.17, 15) is 9.90 Å². The number of rotatable bonds is 2. The fourth-order valence-corrected chi connectivity index (χ4v) is 2.16. The summed E-state index contributed by atoms with van der Waals surface area (Å²) in [6, 6.07) is 9.04. The number of aliphatic hydroxyl groups excluding tert-OH is 1. The normalized spacial score (nSPS) is 21.0. The van der Waals surface area contributed by atoms with Gasteiger partial charge in [-0.1, -0.05) is 30.3 Å². The number of carbonyl (C=O) groups is 1. The molecule has 1 aromatic carbocycles. The Kier molecular flexibility index (Phi) is 5.59. The number of halogens is 1. The summed E-state index contributed by atoms with van der Waals surface area (Å²) in [6.07, 6.45) is 0.793. The molecule has 1 fully saturated rings. The lowest BCUT2D eigenvalue weighted by atomic mass is 10.0. The van der Waals surface area contributed by atoms with Crippen LogP contribution in [0.15, 0.2) is 30.3 Å². The Bertz CT molecular complexity index is 386. The second-order valence-electron chi connectivity index (χ2n) is 4.50. The van der Waals surface area contributed by atoms with E-state index in [-0.39, 0.29) is 24.4 Å². The second kappa shape index (κ2) is 6.73. The molecule has 1 aliphatic rings. The summed E-state index contributed by atoms with van der Waals surface area (Å²) in [5.74, 6) is -0.244. The van der Waals surface area contributed by atoms with Crippen LogP contribution in [-0.2, 0) is 4.79 Å². The van der Waals surface area contributed by atoms with Crippen LogP contribution in [0.4, 0.5) is 0 Å². The topological polar surface area (TPSA) is 66.6 Å². The van der Waals surface area contributed by atoms with Gasteiger partial charge in [0.25, 0.3) is 5.91 Å². The van der Waals surface area contributed by atoms with Gasteiger partial charge in [0, 0.05) is 19.1 Å². The van der Waals surface area contributed by atoms with Crippen molar-refractivity contribution < 1.29 is 9.90 Å². The highest BCUT2D eigenvalue weighted by atomic mass is 35.5. The molecule has 0 bridgehead atoms. The van der Waals surface area contributed by atoms with Crippen molar-refractivity contribution >= 4 is 18.3 Å². The zero-order valence-electron chi connectivity index (χ0n) is 10.2. The highest BCUT2D eigenvalue weighted by molar-refractivity contribution is 5.85. The first kappa shape index (κ1) is 15.0. The molecule has 2 unspecified atom stereocenters. The van der Waals surface area contributed by atoms with Crippen LogP contribution in [0.2, 0.25) is 0 Å². The summed E-state index contributed by atoms with van der Waals surface area (Å²) in [5, 5.41) is 10.00. The summed E-state index contributed by atoms with van der Waals surface area (Å²) < 4.78 is 0. The summed E-state index contributed by atoms with van der Waals surface area (Å²) in [7, 11) is 0. The van der Waals surface area contributed by atoms with Crippen molar-refractivity contribution in [3.63, 3.8) is 0 Å². The summed E-state index contributed by atoms with van der Waals surface area (Å²) in [4.78, 5) is 13.7. The van der Waals surface area contributed by atoms with Gasteiger partial charge in [-0.2, -0.15) is 0 Å². The zero-order chi connectivity index (χ0) is 12.3. The molecule has 1 heterocycles. The minimum Gasteiger partial charge on any atom is -0.378 e.